The fourth-order valence-electron chi connectivity index (χ4n) is 3.00. The number of imide groups is 1. The topological polar surface area (TPSA) is 92.5 Å². The summed E-state index contributed by atoms with van der Waals surface area (Å²) in [5.41, 5.74) is 5.02. The molecule has 1 aliphatic heterocycles. The summed E-state index contributed by atoms with van der Waals surface area (Å²) < 4.78 is 0. The van der Waals surface area contributed by atoms with E-state index in [-0.39, 0.29) is 48.5 Å². The van der Waals surface area contributed by atoms with Crippen LogP contribution in [0.25, 0.3) is 0 Å². The van der Waals surface area contributed by atoms with E-state index in [2.05, 4.69) is 5.32 Å². The standard InChI is InChI=1S/C14H23N3O3.ClH/c1-14(2,8-15)16-11(18)7-17-12(19)9-5-3-4-6-10(9)13(17)20;/h9-10H,3-8,15H2,1-2H3,(H,16,18);1H. The van der Waals surface area contributed by atoms with E-state index in [1.165, 1.54) is 0 Å². The van der Waals surface area contributed by atoms with E-state index >= 15 is 0 Å². The first kappa shape index (κ1) is 17.9. The van der Waals surface area contributed by atoms with Crippen LogP contribution in [0, 0.1) is 11.8 Å². The van der Waals surface area contributed by atoms with Crippen LogP contribution in [0.2, 0.25) is 0 Å². The summed E-state index contributed by atoms with van der Waals surface area (Å²) in [7, 11) is 0. The lowest BCUT2D eigenvalue weighted by atomic mass is 9.81. The first-order chi connectivity index (χ1) is 9.35. The SMILES string of the molecule is CC(C)(CN)NC(=O)CN1C(=O)C2CCCCC2C1=O.Cl. The molecule has 0 spiro atoms. The molecule has 0 radical (unpaired) electrons. The minimum absolute atomic E-state index is 0. The van der Waals surface area contributed by atoms with Gasteiger partial charge in [-0.1, -0.05) is 12.8 Å². The first-order valence-corrected chi connectivity index (χ1v) is 7.22. The average Bonchev–Trinajstić information content (AvgIpc) is 2.64. The van der Waals surface area contributed by atoms with Gasteiger partial charge in [-0.25, -0.2) is 0 Å². The Morgan fingerprint density at radius 3 is 2.14 bits per heavy atom. The van der Waals surface area contributed by atoms with Crippen LogP contribution in [0.1, 0.15) is 39.5 Å². The summed E-state index contributed by atoms with van der Waals surface area (Å²) in [6, 6.07) is 0. The molecule has 2 unspecified atom stereocenters. The van der Waals surface area contributed by atoms with Crippen molar-refractivity contribution in [3.8, 4) is 0 Å². The number of carbonyl (C=O) groups excluding carboxylic acids is 3. The Balaban J connectivity index is 0.00000220. The van der Waals surface area contributed by atoms with Crippen molar-refractivity contribution in [3.63, 3.8) is 0 Å². The predicted molar refractivity (Wildman–Crippen MR) is 80.7 cm³/mol. The molecule has 1 aliphatic carbocycles. The van der Waals surface area contributed by atoms with Gasteiger partial charge in [-0.15, -0.1) is 12.4 Å². The third-order valence-corrected chi connectivity index (χ3v) is 4.22. The molecule has 3 amide bonds. The molecule has 1 saturated carbocycles. The molecule has 1 saturated heterocycles. The molecule has 0 aromatic heterocycles. The largest absolute Gasteiger partial charge is 0.348 e. The van der Waals surface area contributed by atoms with Gasteiger partial charge in [0, 0.05) is 12.1 Å². The third kappa shape index (κ3) is 3.74. The lowest BCUT2D eigenvalue weighted by Gasteiger charge is -2.25. The molecule has 2 atom stereocenters. The molecule has 0 bridgehead atoms. The number of carbonyl (C=O) groups is 3. The molecule has 7 heteroatoms. The molecule has 0 aromatic carbocycles. The van der Waals surface area contributed by atoms with Crippen molar-refractivity contribution < 1.29 is 14.4 Å². The van der Waals surface area contributed by atoms with Gasteiger partial charge >= 0.3 is 0 Å². The summed E-state index contributed by atoms with van der Waals surface area (Å²) in [6.07, 6.45) is 3.50. The van der Waals surface area contributed by atoms with E-state index in [4.69, 9.17) is 5.73 Å². The number of hydrogen-bond acceptors (Lipinski definition) is 4. The Morgan fingerprint density at radius 1 is 1.24 bits per heavy atom. The summed E-state index contributed by atoms with van der Waals surface area (Å²) in [5, 5.41) is 2.75. The number of halogens is 1. The molecular weight excluding hydrogens is 294 g/mol. The van der Waals surface area contributed by atoms with E-state index in [1.54, 1.807) is 13.8 Å². The van der Waals surface area contributed by atoms with Gasteiger partial charge in [-0.05, 0) is 26.7 Å². The number of nitrogens with two attached hydrogens (primary N) is 1. The quantitative estimate of drug-likeness (QED) is 0.736. The first-order valence-electron chi connectivity index (χ1n) is 7.22. The third-order valence-electron chi connectivity index (χ3n) is 4.22. The fraction of sp³-hybridized carbons (Fsp3) is 0.786. The molecule has 2 fully saturated rings. The smallest absolute Gasteiger partial charge is 0.240 e. The number of likely N-dealkylation sites (tertiary alicyclic amines) is 1. The van der Waals surface area contributed by atoms with Crippen molar-refractivity contribution in [1.29, 1.82) is 0 Å². The van der Waals surface area contributed by atoms with E-state index in [1.807, 2.05) is 0 Å². The number of rotatable bonds is 4. The van der Waals surface area contributed by atoms with E-state index in [0.717, 1.165) is 30.6 Å². The Kier molecular flexibility index (Phi) is 5.75. The molecule has 3 N–H and O–H groups in total. The zero-order valence-corrected chi connectivity index (χ0v) is 13.4. The molecule has 0 aromatic rings. The number of nitrogens with zero attached hydrogens (tertiary/aromatic N) is 1. The van der Waals surface area contributed by atoms with Gasteiger partial charge in [0.1, 0.15) is 6.54 Å². The van der Waals surface area contributed by atoms with Crippen molar-refractivity contribution >= 4 is 30.1 Å². The molecule has 2 rings (SSSR count). The van der Waals surface area contributed by atoms with Crippen LogP contribution in [0.4, 0.5) is 0 Å². The van der Waals surface area contributed by atoms with Gasteiger partial charge in [0.15, 0.2) is 0 Å². The Hall–Kier alpha value is -1.14. The lowest BCUT2D eigenvalue weighted by molar-refractivity contribution is -0.144. The molecule has 6 nitrogen and oxygen atoms in total. The summed E-state index contributed by atoms with van der Waals surface area (Å²) >= 11 is 0. The van der Waals surface area contributed by atoms with Crippen LogP contribution < -0.4 is 11.1 Å². The van der Waals surface area contributed by atoms with Gasteiger partial charge in [0.2, 0.25) is 17.7 Å². The highest BCUT2D eigenvalue weighted by Crippen LogP contribution is 2.37. The van der Waals surface area contributed by atoms with Crippen LogP contribution >= 0.6 is 12.4 Å². The Morgan fingerprint density at radius 2 is 1.71 bits per heavy atom. The lowest BCUT2D eigenvalue weighted by Crippen LogP contribution is -2.52. The highest BCUT2D eigenvalue weighted by molar-refractivity contribution is 6.07. The molecule has 1 heterocycles. The van der Waals surface area contributed by atoms with Crippen LogP contribution in [0.5, 0.6) is 0 Å². The highest BCUT2D eigenvalue weighted by Gasteiger charge is 2.48. The number of amides is 3. The van der Waals surface area contributed by atoms with Crippen molar-refractivity contribution in [1.82, 2.24) is 10.2 Å². The van der Waals surface area contributed by atoms with Crippen molar-refractivity contribution in [2.24, 2.45) is 17.6 Å². The van der Waals surface area contributed by atoms with Gasteiger partial charge < -0.3 is 11.1 Å². The molecule has 21 heavy (non-hydrogen) atoms. The minimum Gasteiger partial charge on any atom is -0.348 e. The van der Waals surface area contributed by atoms with Crippen molar-refractivity contribution in [3.05, 3.63) is 0 Å². The second kappa shape index (κ2) is 6.75. The Labute approximate surface area is 131 Å². The van der Waals surface area contributed by atoms with E-state index < -0.39 is 5.54 Å². The van der Waals surface area contributed by atoms with E-state index in [0.29, 0.717) is 6.54 Å². The van der Waals surface area contributed by atoms with Crippen LogP contribution in [0.3, 0.4) is 0 Å². The van der Waals surface area contributed by atoms with Gasteiger partial charge in [0.25, 0.3) is 0 Å². The maximum Gasteiger partial charge on any atom is 0.240 e. The number of fused-ring (bicyclic) bond motifs is 1. The zero-order chi connectivity index (χ0) is 14.9. The monoisotopic (exact) mass is 317 g/mol. The van der Waals surface area contributed by atoms with Crippen molar-refractivity contribution in [2.45, 2.75) is 45.1 Å². The minimum atomic E-state index is -0.532. The molecular formula is C14H24ClN3O3. The molecule has 120 valence electrons. The summed E-state index contributed by atoms with van der Waals surface area (Å²) in [4.78, 5) is 37.5. The molecule has 2 aliphatic rings. The van der Waals surface area contributed by atoms with Crippen LogP contribution in [0.15, 0.2) is 0 Å². The van der Waals surface area contributed by atoms with Crippen LogP contribution in [-0.2, 0) is 14.4 Å². The fourth-order valence-corrected chi connectivity index (χ4v) is 3.00. The average molecular weight is 318 g/mol. The predicted octanol–water partition coefficient (Wildman–Crippen LogP) is 0.437. The van der Waals surface area contributed by atoms with Gasteiger partial charge in [0.05, 0.1) is 11.8 Å². The second-order valence-electron chi connectivity index (χ2n) is 6.40. The summed E-state index contributed by atoms with van der Waals surface area (Å²) in [5.74, 6) is -1.10. The maximum atomic E-state index is 12.2. The Bertz CT molecular complexity index is 415. The summed E-state index contributed by atoms with van der Waals surface area (Å²) in [6.45, 7) is 3.72. The number of hydrogen-bond donors (Lipinski definition) is 2. The van der Waals surface area contributed by atoms with E-state index in [9.17, 15) is 14.4 Å². The van der Waals surface area contributed by atoms with Gasteiger partial charge in [-0.2, -0.15) is 0 Å². The second-order valence-corrected chi connectivity index (χ2v) is 6.40. The normalized spacial score (nSPS) is 25.4. The van der Waals surface area contributed by atoms with Crippen LogP contribution in [-0.4, -0.2) is 41.2 Å². The van der Waals surface area contributed by atoms with Gasteiger partial charge in [-0.3, -0.25) is 19.3 Å². The number of nitrogens with one attached hydrogen (secondary N) is 1. The maximum absolute atomic E-state index is 12.2. The zero-order valence-electron chi connectivity index (χ0n) is 12.6. The van der Waals surface area contributed by atoms with Crippen molar-refractivity contribution in [2.75, 3.05) is 13.1 Å². The highest BCUT2D eigenvalue weighted by atomic mass is 35.5.